The average molecular weight is 287 g/mol. The van der Waals surface area contributed by atoms with Gasteiger partial charge in [0.25, 0.3) is 0 Å². The first-order valence-corrected chi connectivity index (χ1v) is 8.03. The first kappa shape index (κ1) is 14.6. The third-order valence-electron chi connectivity index (χ3n) is 5.14. The highest BCUT2D eigenvalue weighted by Gasteiger charge is 2.46. The summed E-state index contributed by atoms with van der Waals surface area (Å²) in [6, 6.07) is 8.34. The van der Waals surface area contributed by atoms with Crippen molar-refractivity contribution in [1.82, 2.24) is 4.90 Å². The summed E-state index contributed by atoms with van der Waals surface area (Å²) < 4.78 is 0. The summed E-state index contributed by atoms with van der Waals surface area (Å²) >= 11 is 0. The normalized spacial score (nSPS) is 26.6. The third-order valence-corrected chi connectivity index (χ3v) is 5.14. The molecule has 21 heavy (non-hydrogen) atoms. The van der Waals surface area contributed by atoms with E-state index in [1.165, 1.54) is 11.1 Å². The van der Waals surface area contributed by atoms with E-state index in [0.29, 0.717) is 12.5 Å². The Kier molecular flexibility index (Phi) is 3.78. The molecule has 2 fully saturated rings. The summed E-state index contributed by atoms with van der Waals surface area (Å²) in [5, 5.41) is 10.4. The number of rotatable bonds is 4. The molecule has 1 N–H and O–H groups in total. The Labute approximate surface area is 127 Å². The van der Waals surface area contributed by atoms with Crippen LogP contribution >= 0.6 is 0 Å². The Hall–Kier alpha value is -1.35. The molecular formula is C18H25NO2. The van der Waals surface area contributed by atoms with Gasteiger partial charge in [0.15, 0.2) is 0 Å². The van der Waals surface area contributed by atoms with E-state index in [0.717, 1.165) is 32.1 Å². The molecule has 1 aromatic carbocycles. The number of aliphatic hydroxyl groups is 1. The van der Waals surface area contributed by atoms with Gasteiger partial charge in [-0.1, -0.05) is 37.1 Å². The van der Waals surface area contributed by atoms with Crippen molar-refractivity contribution in [1.29, 1.82) is 0 Å². The van der Waals surface area contributed by atoms with E-state index in [4.69, 9.17) is 0 Å². The first-order chi connectivity index (χ1) is 10.0. The molecule has 2 unspecified atom stereocenters. The molecule has 1 aromatic rings. The summed E-state index contributed by atoms with van der Waals surface area (Å²) in [5.74, 6) is 0.684. The molecule has 0 spiro atoms. The number of nitrogens with zero attached hydrogens (tertiary/aromatic N) is 1. The molecule has 3 heteroatoms. The van der Waals surface area contributed by atoms with Gasteiger partial charge in [-0.25, -0.2) is 0 Å². The lowest BCUT2D eigenvalue weighted by atomic mass is 10.0. The van der Waals surface area contributed by atoms with Gasteiger partial charge in [0.1, 0.15) is 0 Å². The van der Waals surface area contributed by atoms with E-state index >= 15 is 0 Å². The predicted octanol–water partition coefficient (Wildman–Crippen LogP) is 2.86. The van der Waals surface area contributed by atoms with Gasteiger partial charge >= 0.3 is 0 Å². The van der Waals surface area contributed by atoms with Crippen LogP contribution in [0.15, 0.2) is 24.3 Å². The summed E-state index contributed by atoms with van der Waals surface area (Å²) in [6.45, 7) is 2.60. The number of hydrogen-bond donors (Lipinski definition) is 1. The van der Waals surface area contributed by atoms with E-state index in [-0.39, 0.29) is 11.8 Å². The van der Waals surface area contributed by atoms with E-state index in [9.17, 15) is 9.90 Å². The maximum absolute atomic E-state index is 12.5. The van der Waals surface area contributed by atoms with Crippen LogP contribution < -0.4 is 0 Å². The lowest BCUT2D eigenvalue weighted by molar-refractivity contribution is -0.134. The van der Waals surface area contributed by atoms with E-state index < -0.39 is 5.60 Å². The minimum atomic E-state index is -0.641. The molecule has 2 atom stereocenters. The number of amides is 1. The molecule has 0 heterocycles. The molecule has 2 aliphatic carbocycles. The molecule has 0 radical (unpaired) electrons. The van der Waals surface area contributed by atoms with Gasteiger partial charge < -0.3 is 10.0 Å². The molecule has 0 bridgehead atoms. The Balaban J connectivity index is 1.61. The standard InChI is InChI=1S/C18H25NO2/c1-13-7-3-4-8-14(13)15-11-16(15)17(20)19(2)12-18(21)9-5-6-10-18/h3-4,7-8,15-16,21H,5-6,9-12H2,1-2H3. The van der Waals surface area contributed by atoms with Crippen molar-refractivity contribution in [2.45, 2.75) is 50.5 Å². The van der Waals surface area contributed by atoms with Crippen LogP contribution in [0.1, 0.15) is 49.1 Å². The number of hydrogen-bond acceptors (Lipinski definition) is 2. The van der Waals surface area contributed by atoms with Crippen LogP contribution in [-0.2, 0) is 4.79 Å². The topological polar surface area (TPSA) is 40.5 Å². The minimum absolute atomic E-state index is 0.112. The van der Waals surface area contributed by atoms with Crippen LogP contribution in [0.5, 0.6) is 0 Å². The van der Waals surface area contributed by atoms with Crippen LogP contribution in [0.25, 0.3) is 0 Å². The second-order valence-electron chi connectivity index (χ2n) is 6.93. The molecule has 1 amide bonds. The van der Waals surface area contributed by atoms with E-state index in [1.54, 1.807) is 4.90 Å². The largest absolute Gasteiger partial charge is 0.388 e. The zero-order valence-electron chi connectivity index (χ0n) is 13.0. The summed E-state index contributed by atoms with van der Waals surface area (Å²) in [6.07, 6.45) is 4.76. The first-order valence-electron chi connectivity index (χ1n) is 8.03. The quantitative estimate of drug-likeness (QED) is 0.925. The number of likely N-dealkylation sites (N-methyl/N-ethyl adjacent to an activating group) is 1. The van der Waals surface area contributed by atoms with Gasteiger partial charge in [-0.3, -0.25) is 4.79 Å². The molecule has 3 nitrogen and oxygen atoms in total. The van der Waals surface area contributed by atoms with Crippen molar-refractivity contribution in [3.63, 3.8) is 0 Å². The SMILES string of the molecule is Cc1ccccc1C1CC1C(=O)N(C)CC1(O)CCCC1. The van der Waals surface area contributed by atoms with Crippen molar-refractivity contribution in [2.75, 3.05) is 13.6 Å². The molecule has 2 saturated carbocycles. The number of aryl methyl sites for hydroxylation is 1. The molecular weight excluding hydrogens is 262 g/mol. The van der Waals surface area contributed by atoms with Crippen LogP contribution in [0.3, 0.4) is 0 Å². The fourth-order valence-electron chi connectivity index (χ4n) is 3.81. The van der Waals surface area contributed by atoms with Crippen molar-refractivity contribution < 1.29 is 9.90 Å². The number of benzene rings is 1. The lowest BCUT2D eigenvalue weighted by Crippen LogP contribution is -2.42. The van der Waals surface area contributed by atoms with Gasteiger partial charge in [-0.15, -0.1) is 0 Å². The second-order valence-corrected chi connectivity index (χ2v) is 6.93. The van der Waals surface area contributed by atoms with E-state index in [1.807, 2.05) is 19.2 Å². The fourth-order valence-corrected chi connectivity index (χ4v) is 3.81. The van der Waals surface area contributed by atoms with Crippen molar-refractivity contribution in [3.8, 4) is 0 Å². The Morgan fingerprint density at radius 2 is 2.00 bits per heavy atom. The minimum Gasteiger partial charge on any atom is -0.388 e. The van der Waals surface area contributed by atoms with Crippen molar-refractivity contribution in [2.24, 2.45) is 5.92 Å². The van der Waals surface area contributed by atoms with E-state index in [2.05, 4.69) is 19.1 Å². The van der Waals surface area contributed by atoms with Gasteiger partial charge in [0, 0.05) is 19.5 Å². The van der Waals surface area contributed by atoms with Gasteiger partial charge in [0.2, 0.25) is 5.91 Å². The van der Waals surface area contributed by atoms with Gasteiger partial charge in [-0.2, -0.15) is 0 Å². The monoisotopic (exact) mass is 287 g/mol. The zero-order valence-corrected chi connectivity index (χ0v) is 13.0. The highest BCUT2D eigenvalue weighted by molar-refractivity contribution is 5.83. The fraction of sp³-hybridized carbons (Fsp3) is 0.611. The Morgan fingerprint density at radius 1 is 1.33 bits per heavy atom. The molecule has 0 saturated heterocycles. The number of carbonyl (C=O) groups is 1. The highest BCUT2D eigenvalue weighted by atomic mass is 16.3. The van der Waals surface area contributed by atoms with Crippen molar-refractivity contribution in [3.05, 3.63) is 35.4 Å². The van der Waals surface area contributed by atoms with Crippen molar-refractivity contribution >= 4 is 5.91 Å². The smallest absolute Gasteiger partial charge is 0.226 e. The highest BCUT2D eigenvalue weighted by Crippen LogP contribution is 2.49. The van der Waals surface area contributed by atoms with Crippen LogP contribution in [0.4, 0.5) is 0 Å². The Bertz CT molecular complexity index is 534. The molecule has 3 rings (SSSR count). The van der Waals surface area contributed by atoms with Crippen LogP contribution in [-0.4, -0.2) is 35.1 Å². The average Bonchev–Trinajstić information content (AvgIpc) is 3.13. The zero-order chi connectivity index (χ0) is 15.0. The summed E-state index contributed by atoms with van der Waals surface area (Å²) in [7, 11) is 1.84. The van der Waals surface area contributed by atoms with Gasteiger partial charge in [-0.05, 0) is 43.2 Å². The van der Waals surface area contributed by atoms with Crippen LogP contribution in [0, 0.1) is 12.8 Å². The predicted molar refractivity (Wildman–Crippen MR) is 83.1 cm³/mol. The summed E-state index contributed by atoms with van der Waals surface area (Å²) in [4.78, 5) is 14.3. The molecule has 2 aliphatic rings. The van der Waals surface area contributed by atoms with Gasteiger partial charge in [0.05, 0.1) is 5.60 Å². The van der Waals surface area contributed by atoms with Crippen LogP contribution in [0.2, 0.25) is 0 Å². The Morgan fingerprint density at radius 3 is 2.67 bits per heavy atom. The lowest BCUT2D eigenvalue weighted by Gasteiger charge is -2.28. The number of carbonyl (C=O) groups excluding carboxylic acids is 1. The summed E-state index contributed by atoms with van der Waals surface area (Å²) in [5.41, 5.74) is 1.94. The second kappa shape index (κ2) is 5.45. The molecule has 0 aromatic heterocycles. The molecule has 0 aliphatic heterocycles. The maximum atomic E-state index is 12.5. The molecule has 114 valence electrons. The third kappa shape index (κ3) is 2.98. The maximum Gasteiger partial charge on any atom is 0.226 e.